The van der Waals surface area contributed by atoms with E-state index in [9.17, 15) is 14.0 Å². The highest BCUT2D eigenvalue weighted by molar-refractivity contribution is 9.10. The fraction of sp³-hybridized carbons (Fsp3) is 0.0476. The zero-order chi connectivity index (χ0) is 22.0. The Hall–Kier alpha value is -2.75. The summed E-state index contributed by atoms with van der Waals surface area (Å²) in [5.74, 6) is -1.17. The molecule has 0 saturated carbocycles. The van der Waals surface area contributed by atoms with Gasteiger partial charge in [0.05, 0.1) is 17.6 Å². The number of hydrogen-bond donors (Lipinski definition) is 0. The number of aromatic nitrogens is 2. The summed E-state index contributed by atoms with van der Waals surface area (Å²) in [6, 6.07) is 14.0. The number of nitrogens with zero attached hydrogens (tertiary/aromatic N) is 3. The summed E-state index contributed by atoms with van der Waals surface area (Å²) in [5, 5.41) is -0.497. The molecule has 10 heteroatoms. The Morgan fingerprint density at radius 2 is 2.00 bits per heavy atom. The van der Waals surface area contributed by atoms with Crippen LogP contribution in [-0.2, 0) is 11.3 Å². The van der Waals surface area contributed by atoms with Gasteiger partial charge in [0.2, 0.25) is 11.1 Å². The third kappa shape index (κ3) is 4.95. The van der Waals surface area contributed by atoms with E-state index in [1.165, 1.54) is 4.90 Å². The highest BCUT2D eigenvalue weighted by Crippen LogP contribution is 2.35. The van der Waals surface area contributed by atoms with Crippen molar-refractivity contribution in [2.75, 3.05) is 0 Å². The van der Waals surface area contributed by atoms with Crippen molar-refractivity contribution in [3.05, 3.63) is 86.3 Å². The number of thioether (sulfide) groups is 1. The Morgan fingerprint density at radius 3 is 2.81 bits per heavy atom. The summed E-state index contributed by atoms with van der Waals surface area (Å²) < 4.78 is 20.1. The van der Waals surface area contributed by atoms with Crippen LogP contribution in [0.4, 0.5) is 9.18 Å². The molecule has 1 saturated heterocycles. The van der Waals surface area contributed by atoms with Gasteiger partial charge in [-0.05, 0) is 58.8 Å². The van der Waals surface area contributed by atoms with Crippen LogP contribution < -0.4 is 4.74 Å². The Labute approximate surface area is 194 Å². The molecule has 1 aromatic heterocycles. The number of carbonyl (C=O) groups is 2. The van der Waals surface area contributed by atoms with E-state index in [1.807, 2.05) is 24.3 Å². The monoisotopic (exact) mass is 519 g/mol. The first-order chi connectivity index (χ1) is 14.9. The summed E-state index contributed by atoms with van der Waals surface area (Å²) in [5.41, 5.74) is 1.43. The number of carbonyl (C=O) groups excluding carboxylic acids is 2. The van der Waals surface area contributed by atoms with Gasteiger partial charge in [-0.15, -0.1) is 0 Å². The fourth-order valence-corrected chi connectivity index (χ4v) is 4.14. The second kappa shape index (κ2) is 9.17. The molecule has 4 rings (SSSR count). The lowest BCUT2D eigenvalue weighted by Crippen LogP contribution is -2.27. The van der Waals surface area contributed by atoms with Gasteiger partial charge in [0, 0.05) is 4.47 Å². The van der Waals surface area contributed by atoms with E-state index in [0.717, 1.165) is 28.0 Å². The molecular weight excluding hydrogens is 509 g/mol. The Morgan fingerprint density at radius 1 is 1.19 bits per heavy atom. The second-order valence-electron chi connectivity index (χ2n) is 6.33. The summed E-state index contributed by atoms with van der Waals surface area (Å²) in [6.45, 7) is 0.167. The zero-order valence-corrected chi connectivity index (χ0v) is 18.7. The predicted molar refractivity (Wildman–Crippen MR) is 119 cm³/mol. The van der Waals surface area contributed by atoms with Gasteiger partial charge in [-0.25, -0.2) is 4.98 Å². The number of halogens is 3. The molecule has 1 aliphatic rings. The van der Waals surface area contributed by atoms with Crippen molar-refractivity contribution in [1.29, 1.82) is 0 Å². The molecule has 0 bridgehead atoms. The standard InChI is InChI=1S/C21H12BrClFN3O3S/c22-15-7-2-1-5-13(15)11-27-19(28)17(31-21(27)29)9-12-4-3-6-14(8-12)30-18-16(24)10-25-20(23)26-18/h1-10H,11H2. The molecule has 3 aromatic rings. The fourth-order valence-electron chi connectivity index (χ4n) is 2.77. The number of benzene rings is 2. The molecule has 0 unspecified atom stereocenters. The molecule has 31 heavy (non-hydrogen) atoms. The first kappa shape index (κ1) is 21.5. The van der Waals surface area contributed by atoms with E-state index >= 15 is 0 Å². The molecule has 0 atom stereocenters. The van der Waals surface area contributed by atoms with Crippen LogP contribution in [0, 0.1) is 5.82 Å². The number of hydrogen-bond acceptors (Lipinski definition) is 6. The van der Waals surface area contributed by atoms with Gasteiger partial charge >= 0.3 is 0 Å². The van der Waals surface area contributed by atoms with E-state index in [-0.39, 0.29) is 39.5 Å². The van der Waals surface area contributed by atoms with Crippen LogP contribution >= 0.6 is 39.3 Å². The summed E-state index contributed by atoms with van der Waals surface area (Å²) in [6.07, 6.45) is 2.50. The molecular formula is C21H12BrClFN3O3S. The highest BCUT2D eigenvalue weighted by atomic mass is 79.9. The first-order valence-electron chi connectivity index (χ1n) is 8.85. The quantitative estimate of drug-likeness (QED) is 0.301. The van der Waals surface area contributed by atoms with E-state index in [0.29, 0.717) is 5.56 Å². The van der Waals surface area contributed by atoms with Gasteiger partial charge in [-0.2, -0.15) is 9.37 Å². The smallest absolute Gasteiger partial charge is 0.293 e. The average molecular weight is 521 g/mol. The van der Waals surface area contributed by atoms with Crippen LogP contribution in [-0.4, -0.2) is 26.0 Å². The van der Waals surface area contributed by atoms with Gasteiger partial charge in [0.25, 0.3) is 17.0 Å². The third-order valence-corrected chi connectivity index (χ3v) is 6.08. The van der Waals surface area contributed by atoms with Gasteiger partial charge in [-0.1, -0.05) is 46.3 Å². The average Bonchev–Trinajstić information content (AvgIpc) is 3.00. The molecule has 0 radical (unpaired) electrons. The van der Waals surface area contributed by atoms with E-state index in [1.54, 1.807) is 30.3 Å². The second-order valence-corrected chi connectivity index (χ2v) is 8.51. The molecule has 2 aromatic carbocycles. The van der Waals surface area contributed by atoms with Gasteiger partial charge in [0.1, 0.15) is 5.75 Å². The van der Waals surface area contributed by atoms with E-state index in [2.05, 4.69) is 25.9 Å². The Balaban J connectivity index is 1.54. The van der Waals surface area contributed by atoms with Crippen molar-refractivity contribution in [2.45, 2.75) is 6.54 Å². The minimum Gasteiger partial charge on any atom is -0.436 e. The van der Waals surface area contributed by atoms with Crippen LogP contribution in [0.1, 0.15) is 11.1 Å². The van der Waals surface area contributed by atoms with Crippen LogP contribution in [0.25, 0.3) is 6.08 Å². The van der Waals surface area contributed by atoms with Crippen LogP contribution in [0.15, 0.2) is 64.1 Å². The van der Waals surface area contributed by atoms with E-state index < -0.39 is 5.82 Å². The predicted octanol–water partition coefficient (Wildman–Crippen LogP) is 6.06. The first-order valence-corrected chi connectivity index (χ1v) is 10.8. The normalized spacial score (nSPS) is 15.1. The maximum atomic E-state index is 13.8. The number of imide groups is 1. The minimum absolute atomic E-state index is 0.147. The SMILES string of the molecule is O=C1SC(=Cc2cccc(Oc3nc(Cl)ncc3F)c2)C(=O)N1Cc1ccccc1Br. The maximum Gasteiger partial charge on any atom is 0.293 e. The number of ether oxygens (including phenoxy) is 1. The van der Waals surface area contributed by atoms with Gasteiger partial charge < -0.3 is 4.74 Å². The van der Waals surface area contributed by atoms with Crippen LogP contribution in [0.3, 0.4) is 0 Å². The van der Waals surface area contributed by atoms with Crippen molar-refractivity contribution < 1.29 is 18.7 Å². The number of amides is 2. The Bertz CT molecular complexity index is 1220. The lowest BCUT2D eigenvalue weighted by Gasteiger charge is -2.13. The van der Waals surface area contributed by atoms with Gasteiger partial charge in [-0.3, -0.25) is 14.5 Å². The molecule has 0 spiro atoms. The van der Waals surface area contributed by atoms with Gasteiger partial charge in [0.15, 0.2) is 0 Å². The molecule has 0 N–H and O–H groups in total. The molecule has 6 nitrogen and oxygen atoms in total. The largest absolute Gasteiger partial charge is 0.436 e. The summed E-state index contributed by atoms with van der Waals surface area (Å²) in [4.78, 5) is 33.9. The summed E-state index contributed by atoms with van der Waals surface area (Å²) >= 11 is 9.97. The molecule has 2 heterocycles. The molecule has 0 aliphatic carbocycles. The topological polar surface area (TPSA) is 72.4 Å². The lowest BCUT2D eigenvalue weighted by molar-refractivity contribution is -0.123. The highest BCUT2D eigenvalue weighted by Gasteiger charge is 2.35. The molecule has 2 amide bonds. The summed E-state index contributed by atoms with van der Waals surface area (Å²) in [7, 11) is 0. The van der Waals surface area contributed by atoms with Crippen LogP contribution in [0.5, 0.6) is 11.6 Å². The number of rotatable bonds is 5. The van der Waals surface area contributed by atoms with Crippen molar-refractivity contribution >= 4 is 56.5 Å². The van der Waals surface area contributed by atoms with Crippen molar-refractivity contribution in [3.63, 3.8) is 0 Å². The van der Waals surface area contributed by atoms with Crippen molar-refractivity contribution in [2.24, 2.45) is 0 Å². The Kier molecular flexibility index (Phi) is 6.35. The zero-order valence-electron chi connectivity index (χ0n) is 15.6. The maximum absolute atomic E-state index is 13.8. The lowest BCUT2D eigenvalue weighted by atomic mass is 10.2. The van der Waals surface area contributed by atoms with Crippen molar-refractivity contribution in [3.8, 4) is 11.6 Å². The molecule has 1 aliphatic heterocycles. The van der Waals surface area contributed by atoms with Crippen LogP contribution in [0.2, 0.25) is 5.28 Å². The minimum atomic E-state index is -0.761. The molecule has 1 fully saturated rings. The van der Waals surface area contributed by atoms with Crippen molar-refractivity contribution in [1.82, 2.24) is 14.9 Å². The molecule has 156 valence electrons. The van der Waals surface area contributed by atoms with E-state index in [4.69, 9.17) is 16.3 Å². The third-order valence-electron chi connectivity index (χ3n) is 4.21.